The summed E-state index contributed by atoms with van der Waals surface area (Å²) in [5.41, 5.74) is -0.825. The van der Waals surface area contributed by atoms with Crippen LogP contribution < -0.4 is 5.01 Å². The third-order valence-electron chi connectivity index (χ3n) is 3.98. The van der Waals surface area contributed by atoms with Crippen LogP contribution in [0, 0.1) is 0 Å². The van der Waals surface area contributed by atoms with Crippen LogP contribution in [0.2, 0.25) is 5.02 Å². The third-order valence-corrected chi connectivity index (χ3v) is 4.23. The van der Waals surface area contributed by atoms with E-state index >= 15 is 0 Å². The van der Waals surface area contributed by atoms with Gasteiger partial charge in [0.05, 0.1) is 17.8 Å². The number of aliphatic hydroxyl groups is 1. The lowest BCUT2D eigenvalue weighted by Crippen LogP contribution is -2.47. The molecule has 6 heteroatoms. The average molecular weight is 343 g/mol. The van der Waals surface area contributed by atoms with Gasteiger partial charge in [0.1, 0.15) is 0 Å². The van der Waals surface area contributed by atoms with Gasteiger partial charge in [0.25, 0.3) is 5.91 Å². The molecule has 1 N–H and O–H groups in total. The minimum atomic E-state index is -1.94. The Morgan fingerprint density at radius 3 is 2.42 bits per heavy atom. The van der Waals surface area contributed by atoms with E-state index in [1.165, 1.54) is 6.92 Å². The maximum absolute atomic E-state index is 12.6. The number of halogens is 1. The Morgan fingerprint density at radius 2 is 1.79 bits per heavy atom. The zero-order chi connectivity index (χ0) is 17.3. The number of rotatable bonds is 4. The minimum absolute atomic E-state index is 0.193. The van der Waals surface area contributed by atoms with Gasteiger partial charge in [-0.25, -0.2) is 0 Å². The van der Waals surface area contributed by atoms with Gasteiger partial charge in [0.2, 0.25) is 0 Å². The van der Waals surface area contributed by atoms with Gasteiger partial charge >= 0.3 is 0 Å². The zero-order valence-corrected chi connectivity index (χ0v) is 13.7. The molecule has 1 aliphatic heterocycles. The van der Waals surface area contributed by atoms with Gasteiger partial charge in [0, 0.05) is 10.6 Å². The van der Waals surface area contributed by atoms with Crippen molar-refractivity contribution >= 4 is 34.7 Å². The number of benzene rings is 2. The molecule has 0 saturated carbocycles. The molecular formula is C18H15ClN2O3. The lowest BCUT2D eigenvalue weighted by molar-refractivity contribution is -0.129. The molecule has 122 valence electrons. The first-order valence-corrected chi connectivity index (χ1v) is 7.76. The molecule has 2 aromatic carbocycles. The zero-order valence-electron chi connectivity index (χ0n) is 12.9. The molecule has 0 aliphatic carbocycles. The van der Waals surface area contributed by atoms with E-state index in [0.29, 0.717) is 16.3 Å². The quantitative estimate of drug-likeness (QED) is 0.868. The molecule has 1 amide bonds. The Labute approximate surface area is 144 Å². The summed E-state index contributed by atoms with van der Waals surface area (Å²) in [7, 11) is 0. The van der Waals surface area contributed by atoms with Crippen LogP contribution in [0.25, 0.3) is 0 Å². The van der Waals surface area contributed by atoms with Crippen molar-refractivity contribution in [3.05, 3.63) is 65.2 Å². The number of carbonyl (C=O) groups excluding carboxylic acids is 2. The lowest BCUT2D eigenvalue weighted by atomic mass is 9.90. The molecule has 1 heterocycles. The van der Waals surface area contributed by atoms with Crippen molar-refractivity contribution in [3.63, 3.8) is 0 Å². The van der Waals surface area contributed by atoms with Gasteiger partial charge in [-0.3, -0.25) is 9.59 Å². The number of hydrogen-bond acceptors (Lipinski definition) is 4. The fourth-order valence-electron chi connectivity index (χ4n) is 2.53. The molecule has 0 saturated heterocycles. The summed E-state index contributed by atoms with van der Waals surface area (Å²) in [6.45, 7) is 1.54. The number of hydrazone groups is 1. The van der Waals surface area contributed by atoms with Crippen molar-refractivity contribution in [1.29, 1.82) is 0 Å². The molecule has 0 spiro atoms. The van der Waals surface area contributed by atoms with E-state index in [9.17, 15) is 14.7 Å². The van der Waals surface area contributed by atoms with Gasteiger partial charge < -0.3 is 5.11 Å². The van der Waals surface area contributed by atoms with E-state index in [4.69, 9.17) is 11.6 Å². The van der Waals surface area contributed by atoms with Crippen molar-refractivity contribution < 1.29 is 14.7 Å². The molecule has 0 aromatic heterocycles. The normalized spacial score (nSPS) is 20.2. The van der Waals surface area contributed by atoms with Crippen LogP contribution in [0.4, 0.5) is 5.69 Å². The van der Waals surface area contributed by atoms with Crippen molar-refractivity contribution in [2.45, 2.75) is 18.9 Å². The van der Waals surface area contributed by atoms with E-state index < -0.39 is 11.5 Å². The fourth-order valence-corrected chi connectivity index (χ4v) is 2.65. The number of amides is 1. The highest BCUT2D eigenvalue weighted by molar-refractivity contribution is 6.30. The van der Waals surface area contributed by atoms with Crippen LogP contribution in [0.15, 0.2) is 59.7 Å². The molecular weight excluding hydrogens is 328 g/mol. The van der Waals surface area contributed by atoms with Crippen LogP contribution in [0.5, 0.6) is 0 Å². The molecule has 0 bridgehead atoms. The largest absolute Gasteiger partial charge is 0.374 e. The molecule has 24 heavy (non-hydrogen) atoms. The molecule has 1 unspecified atom stereocenters. The number of carbonyl (C=O) groups is 2. The fraction of sp³-hybridized carbons (Fsp3) is 0.167. The summed E-state index contributed by atoms with van der Waals surface area (Å²) >= 11 is 5.81. The van der Waals surface area contributed by atoms with E-state index in [-0.39, 0.29) is 17.9 Å². The Hall–Kier alpha value is -2.50. The van der Waals surface area contributed by atoms with E-state index in [2.05, 4.69) is 5.10 Å². The highest BCUT2D eigenvalue weighted by atomic mass is 35.5. The van der Waals surface area contributed by atoms with Crippen LogP contribution in [-0.4, -0.2) is 28.1 Å². The molecule has 0 fully saturated rings. The van der Waals surface area contributed by atoms with Crippen molar-refractivity contribution in [3.8, 4) is 0 Å². The first-order chi connectivity index (χ1) is 11.4. The second-order valence-corrected chi connectivity index (χ2v) is 6.04. The Kier molecular flexibility index (Phi) is 4.22. The lowest BCUT2D eigenvalue weighted by Gasteiger charge is -2.21. The second kappa shape index (κ2) is 6.19. The number of Topliss-reactive ketones (excluding diaryl/α,β-unsaturated/α-hetero) is 1. The van der Waals surface area contributed by atoms with Gasteiger partial charge in [-0.15, -0.1) is 0 Å². The number of ketones is 1. The predicted molar refractivity (Wildman–Crippen MR) is 92.4 cm³/mol. The Balaban J connectivity index is 1.85. The number of anilines is 1. The molecule has 1 atom stereocenters. The number of nitrogens with zero attached hydrogens (tertiary/aromatic N) is 2. The SMILES string of the molecule is CC1=NN(c2ccccc2)C(=O)C1(O)CC(=O)c1ccc(Cl)cc1. The molecule has 2 aromatic rings. The summed E-state index contributed by atoms with van der Waals surface area (Å²) in [5.74, 6) is -0.986. The maximum Gasteiger partial charge on any atom is 0.285 e. The molecule has 1 aliphatic rings. The monoisotopic (exact) mass is 342 g/mol. The summed E-state index contributed by atoms with van der Waals surface area (Å²) < 4.78 is 0. The highest BCUT2D eigenvalue weighted by Crippen LogP contribution is 2.30. The van der Waals surface area contributed by atoms with Crippen molar-refractivity contribution in [1.82, 2.24) is 0 Å². The summed E-state index contributed by atoms with van der Waals surface area (Å²) in [6.07, 6.45) is -0.369. The summed E-state index contributed by atoms with van der Waals surface area (Å²) in [6, 6.07) is 15.1. The molecule has 0 radical (unpaired) electrons. The number of para-hydroxylation sites is 1. The van der Waals surface area contributed by atoms with Crippen LogP contribution in [0.3, 0.4) is 0 Å². The Morgan fingerprint density at radius 1 is 1.17 bits per heavy atom. The van der Waals surface area contributed by atoms with Crippen molar-refractivity contribution in [2.24, 2.45) is 5.10 Å². The van der Waals surface area contributed by atoms with Crippen LogP contribution in [0.1, 0.15) is 23.7 Å². The van der Waals surface area contributed by atoms with Crippen LogP contribution in [-0.2, 0) is 4.79 Å². The van der Waals surface area contributed by atoms with Gasteiger partial charge in [-0.05, 0) is 43.3 Å². The van der Waals surface area contributed by atoms with Gasteiger partial charge in [0.15, 0.2) is 11.4 Å². The molecule has 3 rings (SSSR count). The number of hydrogen-bond donors (Lipinski definition) is 1. The first-order valence-electron chi connectivity index (χ1n) is 7.38. The van der Waals surface area contributed by atoms with Crippen LogP contribution >= 0.6 is 11.6 Å². The summed E-state index contributed by atoms with van der Waals surface area (Å²) in [5, 5.41) is 16.5. The van der Waals surface area contributed by atoms with Crippen molar-refractivity contribution in [2.75, 3.05) is 5.01 Å². The summed E-state index contributed by atoms with van der Waals surface area (Å²) in [4.78, 5) is 25.1. The van der Waals surface area contributed by atoms with Gasteiger partial charge in [-0.1, -0.05) is 29.8 Å². The van der Waals surface area contributed by atoms with E-state index in [1.807, 2.05) is 6.07 Å². The van der Waals surface area contributed by atoms with E-state index in [1.54, 1.807) is 48.5 Å². The molecule has 5 nitrogen and oxygen atoms in total. The third kappa shape index (κ3) is 2.84. The smallest absolute Gasteiger partial charge is 0.285 e. The van der Waals surface area contributed by atoms with Gasteiger partial charge in [-0.2, -0.15) is 10.1 Å². The Bertz CT molecular complexity index is 818. The average Bonchev–Trinajstić information content (AvgIpc) is 2.80. The second-order valence-electron chi connectivity index (χ2n) is 5.61. The minimum Gasteiger partial charge on any atom is -0.374 e. The van der Waals surface area contributed by atoms with E-state index in [0.717, 1.165) is 5.01 Å². The highest BCUT2D eigenvalue weighted by Gasteiger charge is 2.49. The topological polar surface area (TPSA) is 70.0 Å². The predicted octanol–water partition coefficient (Wildman–Crippen LogP) is 3.07. The maximum atomic E-state index is 12.6. The first kappa shape index (κ1) is 16.4. The standard InChI is InChI=1S/C18H15ClN2O3/c1-12-18(24,11-16(22)13-7-9-14(19)10-8-13)17(23)21(20-12)15-5-3-2-4-6-15/h2-10,24H,11H2,1H3.